The van der Waals surface area contributed by atoms with Crippen LogP contribution in [0.25, 0.3) is 0 Å². The standard InChI is InChI=1S/C11H11ClF3N/c12-9-3-7(13)1-2-8(9)10(6-16)4-11(14,15)5-10/h1-3H,4-6,16H2. The Bertz CT molecular complexity index is 412. The summed E-state index contributed by atoms with van der Waals surface area (Å²) in [5, 5.41) is 0.168. The Morgan fingerprint density at radius 1 is 1.31 bits per heavy atom. The zero-order chi connectivity index (χ0) is 12.0. The van der Waals surface area contributed by atoms with E-state index < -0.39 is 17.2 Å². The van der Waals surface area contributed by atoms with E-state index in [1.807, 2.05) is 0 Å². The molecule has 1 fully saturated rings. The molecule has 0 atom stereocenters. The molecular formula is C11H11ClF3N. The van der Waals surface area contributed by atoms with Crippen LogP contribution < -0.4 is 5.73 Å². The molecule has 0 saturated heterocycles. The van der Waals surface area contributed by atoms with Gasteiger partial charge in [-0.3, -0.25) is 0 Å². The molecule has 0 unspecified atom stereocenters. The lowest BCUT2D eigenvalue weighted by atomic mass is 9.62. The van der Waals surface area contributed by atoms with Crippen molar-refractivity contribution in [2.75, 3.05) is 6.54 Å². The van der Waals surface area contributed by atoms with Crippen LogP contribution in [0.5, 0.6) is 0 Å². The summed E-state index contributed by atoms with van der Waals surface area (Å²) in [4.78, 5) is 0. The molecule has 1 aromatic rings. The molecule has 0 spiro atoms. The van der Waals surface area contributed by atoms with Gasteiger partial charge in [-0.05, 0) is 17.7 Å². The summed E-state index contributed by atoms with van der Waals surface area (Å²) < 4.78 is 38.7. The van der Waals surface area contributed by atoms with Crippen molar-refractivity contribution in [1.82, 2.24) is 0 Å². The maximum Gasteiger partial charge on any atom is 0.250 e. The second-order valence-corrected chi connectivity index (χ2v) is 4.73. The van der Waals surface area contributed by atoms with Crippen LogP contribution >= 0.6 is 11.6 Å². The van der Waals surface area contributed by atoms with Gasteiger partial charge in [0.05, 0.1) is 0 Å². The molecule has 88 valence electrons. The fourth-order valence-electron chi connectivity index (χ4n) is 2.30. The highest BCUT2D eigenvalue weighted by Gasteiger charge is 2.57. The van der Waals surface area contributed by atoms with Crippen LogP contribution in [0.4, 0.5) is 13.2 Å². The van der Waals surface area contributed by atoms with E-state index in [1.54, 1.807) is 0 Å². The summed E-state index contributed by atoms with van der Waals surface area (Å²) in [5.41, 5.74) is 5.26. The number of nitrogens with two attached hydrogens (primary N) is 1. The van der Waals surface area contributed by atoms with Crippen LogP contribution in [-0.2, 0) is 5.41 Å². The summed E-state index contributed by atoms with van der Waals surface area (Å²) in [7, 11) is 0. The second-order valence-electron chi connectivity index (χ2n) is 4.32. The molecule has 1 nitrogen and oxygen atoms in total. The van der Waals surface area contributed by atoms with E-state index in [4.69, 9.17) is 17.3 Å². The van der Waals surface area contributed by atoms with Crippen LogP contribution in [0.3, 0.4) is 0 Å². The number of hydrogen-bond acceptors (Lipinski definition) is 1. The first kappa shape index (κ1) is 11.7. The predicted molar refractivity (Wildman–Crippen MR) is 56.3 cm³/mol. The van der Waals surface area contributed by atoms with Crippen LogP contribution in [0.15, 0.2) is 18.2 Å². The Kier molecular flexibility index (Phi) is 2.67. The van der Waals surface area contributed by atoms with Gasteiger partial charge in [-0.2, -0.15) is 0 Å². The molecule has 5 heteroatoms. The van der Waals surface area contributed by atoms with Gasteiger partial charge in [0.1, 0.15) is 5.82 Å². The van der Waals surface area contributed by atoms with Gasteiger partial charge in [-0.25, -0.2) is 13.2 Å². The Morgan fingerprint density at radius 3 is 2.38 bits per heavy atom. The van der Waals surface area contributed by atoms with Gasteiger partial charge in [0.15, 0.2) is 0 Å². The topological polar surface area (TPSA) is 26.0 Å². The molecule has 0 aromatic heterocycles. The predicted octanol–water partition coefficient (Wildman–Crippen LogP) is 3.10. The summed E-state index contributed by atoms with van der Waals surface area (Å²) in [5.74, 6) is -3.16. The third-order valence-electron chi connectivity index (χ3n) is 3.09. The third kappa shape index (κ3) is 1.80. The summed E-state index contributed by atoms with van der Waals surface area (Å²) in [6.07, 6.45) is -0.635. The molecule has 0 aliphatic heterocycles. The Balaban J connectivity index is 2.36. The highest BCUT2D eigenvalue weighted by molar-refractivity contribution is 6.31. The van der Waals surface area contributed by atoms with E-state index in [2.05, 4.69) is 0 Å². The first-order valence-corrected chi connectivity index (χ1v) is 5.30. The number of hydrogen-bond donors (Lipinski definition) is 1. The fourth-order valence-corrected chi connectivity index (χ4v) is 2.67. The quantitative estimate of drug-likeness (QED) is 0.856. The van der Waals surface area contributed by atoms with Gasteiger partial charge in [0.2, 0.25) is 5.92 Å². The largest absolute Gasteiger partial charge is 0.330 e. The summed E-state index contributed by atoms with van der Waals surface area (Å²) in [6, 6.07) is 3.79. The number of benzene rings is 1. The molecule has 0 radical (unpaired) electrons. The molecule has 1 aliphatic carbocycles. The Labute approximate surface area is 96.4 Å². The van der Waals surface area contributed by atoms with Crippen molar-refractivity contribution in [3.05, 3.63) is 34.6 Å². The first-order valence-electron chi connectivity index (χ1n) is 4.92. The van der Waals surface area contributed by atoms with Crippen LogP contribution in [0.1, 0.15) is 18.4 Å². The molecule has 0 bridgehead atoms. The van der Waals surface area contributed by atoms with Crippen LogP contribution in [0, 0.1) is 5.82 Å². The van der Waals surface area contributed by atoms with E-state index in [0.29, 0.717) is 5.56 Å². The van der Waals surface area contributed by atoms with E-state index in [1.165, 1.54) is 12.1 Å². The molecule has 2 rings (SSSR count). The van der Waals surface area contributed by atoms with Gasteiger partial charge < -0.3 is 5.73 Å². The minimum Gasteiger partial charge on any atom is -0.330 e. The van der Waals surface area contributed by atoms with Crippen molar-refractivity contribution in [2.24, 2.45) is 5.73 Å². The molecular weight excluding hydrogens is 239 g/mol. The van der Waals surface area contributed by atoms with Crippen molar-refractivity contribution >= 4 is 11.6 Å². The van der Waals surface area contributed by atoms with E-state index in [0.717, 1.165) is 6.07 Å². The SMILES string of the molecule is NCC1(c2ccc(F)cc2Cl)CC(F)(F)C1. The van der Waals surface area contributed by atoms with Gasteiger partial charge in [0, 0.05) is 29.8 Å². The van der Waals surface area contributed by atoms with Gasteiger partial charge in [-0.15, -0.1) is 0 Å². The highest BCUT2D eigenvalue weighted by atomic mass is 35.5. The van der Waals surface area contributed by atoms with Crippen LogP contribution in [0.2, 0.25) is 5.02 Å². The number of alkyl halides is 2. The lowest BCUT2D eigenvalue weighted by molar-refractivity contribution is -0.123. The highest BCUT2D eigenvalue weighted by Crippen LogP contribution is 2.54. The second kappa shape index (κ2) is 3.64. The van der Waals surface area contributed by atoms with Crippen molar-refractivity contribution < 1.29 is 13.2 Å². The molecule has 1 aromatic carbocycles. The average molecular weight is 250 g/mol. The summed E-state index contributed by atoms with van der Waals surface area (Å²) in [6.45, 7) is 0.0912. The number of halogens is 4. The Hall–Kier alpha value is -0.740. The smallest absolute Gasteiger partial charge is 0.250 e. The fraction of sp³-hybridized carbons (Fsp3) is 0.455. The van der Waals surface area contributed by atoms with E-state index >= 15 is 0 Å². The molecule has 0 amide bonds. The monoisotopic (exact) mass is 249 g/mol. The van der Waals surface area contributed by atoms with E-state index in [9.17, 15) is 13.2 Å². The zero-order valence-corrected chi connectivity index (χ0v) is 9.20. The normalized spacial score (nSPS) is 21.6. The van der Waals surface area contributed by atoms with Gasteiger partial charge in [-0.1, -0.05) is 17.7 Å². The maximum atomic E-state index is 12.9. The van der Waals surface area contributed by atoms with Crippen molar-refractivity contribution in [1.29, 1.82) is 0 Å². The zero-order valence-electron chi connectivity index (χ0n) is 8.44. The molecule has 0 heterocycles. The molecule has 1 aliphatic rings. The summed E-state index contributed by atoms with van der Waals surface area (Å²) >= 11 is 5.86. The van der Waals surface area contributed by atoms with Gasteiger partial charge in [0.25, 0.3) is 0 Å². The Morgan fingerprint density at radius 2 is 1.94 bits per heavy atom. The lowest BCUT2D eigenvalue weighted by Crippen LogP contribution is -2.53. The van der Waals surface area contributed by atoms with Crippen LogP contribution in [-0.4, -0.2) is 12.5 Å². The van der Waals surface area contributed by atoms with Gasteiger partial charge >= 0.3 is 0 Å². The minimum absolute atomic E-state index is 0.0912. The molecule has 2 N–H and O–H groups in total. The molecule has 16 heavy (non-hydrogen) atoms. The molecule has 1 saturated carbocycles. The first-order chi connectivity index (χ1) is 7.38. The minimum atomic E-state index is -2.68. The van der Waals surface area contributed by atoms with Crippen molar-refractivity contribution in [3.8, 4) is 0 Å². The number of rotatable bonds is 2. The van der Waals surface area contributed by atoms with Crippen molar-refractivity contribution in [3.63, 3.8) is 0 Å². The average Bonchev–Trinajstić information content (AvgIpc) is 2.13. The lowest BCUT2D eigenvalue weighted by Gasteiger charge is -2.47. The van der Waals surface area contributed by atoms with Crippen molar-refractivity contribution in [2.45, 2.75) is 24.2 Å². The van der Waals surface area contributed by atoms with E-state index in [-0.39, 0.29) is 24.4 Å². The third-order valence-corrected chi connectivity index (χ3v) is 3.40. The maximum absolute atomic E-state index is 12.9.